The molecule has 0 spiro atoms. The van der Waals surface area contributed by atoms with Gasteiger partial charge in [0.2, 0.25) is 10.0 Å². The number of ether oxygens (including phenoxy) is 2. The minimum atomic E-state index is -3.61. The van der Waals surface area contributed by atoms with Crippen LogP contribution in [0.25, 0.3) is 0 Å². The number of ketones is 1. The number of anilines is 1. The van der Waals surface area contributed by atoms with Crippen LogP contribution < -0.4 is 10.1 Å². The van der Waals surface area contributed by atoms with Crippen molar-refractivity contribution >= 4 is 39.0 Å². The van der Waals surface area contributed by atoms with Crippen molar-refractivity contribution in [3.05, 3.63) is 88.9 Å². The zero-order valence-corrected chi connectivity index (χ0v) is 20.2. The first-order valence-electron chi connectivity index (χ1n) is 10.8. The molecule has 3 aromatic carbocycles. The Morgan fingerprint density at radius 2 is 1.66 bits per heavy atom. The first-order chi connectivity index (χ1) is 16.8. The Hall–Kier alpha value is -3.24. The molecule has 1 amide bonds. The van der Waals surface area contributed by atoms with Gasteiger partial charge in [-0.2, -0.15) is 4.31 Å². The van der Waals surface area contributed by atoms with Crippen LogP contribution in [0.4, 0.5) is 5.69 Å². The molecule has 1 saturated heterocycles. The van der Waals surface area contributed by atoms with E-state index < -0.39 is 15.9 Å². The highest BCUT2D eigenvalue weighted by Gasteiger charge is 2.26. The molecule has 1 aliphatic rings. The van der Waals surface area contributed by atoms with Crippen molar-refractivity contribution in [1.29, 1.82) is 0 Å². The van der Waals surface area contributed by atoms with E-state index in [2.05, 4.69) is 5.32 Å². The molecule has 0 atom stereocenters. The largest absolute Gasteiger partial charge is 0.484 e. The maximum absolute atomic E-state index is 12.9. The van der Waals surface area contributed by atoms with Crippen LogP contribution in [-0.4, -0.2) is 57.3 Å². The molecule has 0 aromatic heterocycles. The maximum Gasteiger partial charge on any atom is 0.262 e. The van der Waals surface area contributed by atoms with Crippen LogP contribution in [0.3, 0.4) is 0 Å². The van der Waals surface area contributed by atoms with Crippen molar-refractivity contribution in [3.8, 4) is 5.75 Å². The lowest BCUT2D eigenvalue weighted by molar-refractivity contribution is -0.118. The molecule has 1 aliphatic heterocycles. The summed E-state index contributed by atoms with van der Waals surface area (Å²) in [7, 11) is -3.61. The minimum absolute atomic E-state index is 0.140. The highest BCUT2D eigenvalue weighted by atomic mass is 35.5. The average molecular weight is 515 g/mol. The Labute approximate surface area is 208 Å². The lowest BCUT2D eigenvalue weighted by Gasteiger charge is -2.26. The summed E-state index contributed by atoms with van der Waals surface area (Å²) in [6, 6.07) is 19.2. The lowest BCUT2D eigenvalue weighted by atomic mass is 10.0. The second-order valence-electron chi connectivity index (χ2n) is 7.71. The number of hydrogen-bond acceptors (Lipinski definition) is 6. The Bertz CT molecular complexity index is 1310. The molecule has 35 heavy (non-hydrogen) atoms. The third-order valence-electron chi connectivity index (χ3n) is 5.34. The third kappa shape index (κ3) is 6.07. The molecule has 4 rings (SSSR count). The van der Waals surface area contributed by atoms with Gasteiger partial charge in [0.1, 0.15) is 5.75 Å². The second-order valence-corrected chi connectivity index (χ2v) is 10.1. The standard InChI is InChI=1S/C25H23ClN2O6S/c26-19-6-11-23(22(16-19)25(30)18-4-2-1-3-5-18)27-24(29)17-34-20-7-9-21(10-8-20)35(31,32)28-12-14-33-15-13-28/h1-11,16H,12-15,17H2,(H,27,29). The van der Waals surface area contributed by atoms with Crippen molar-refractivity contribution in [2.45, 2.75) is 4.90 Å². The molecule has 10 heteroatoms. The van der Waals surface area contributed by atoms with Gasteiger partial charge in [-0.3, -0.25) is 9.59 Å². The topological polar surface area (TPSA) is 102 Å². The van der Waals surface area contributed by atoms with Crippen LogP contribution in [0.1, 0.15) is 15.9 Å². The van der Waals surface area contributed by atoms with Crippen LogP contribution in [0.15, 0.2) is 77.7 Å². The number of amides is 1. The molecule has 1 N–H and O–H groups in total. The van der Waals surface area contributed by atoms with Gasteiger partial charge in [-0.05, 0) is 42.5 Å². The smallest absolute Gasteiger partial charge is 0.262 e. The van der Waals surface area contributed by atoms with E-state index >= 15 is 0 Å². The summed E-state index contributed by atoms with van der Waals surface area (Å²) in [5, 5.41) is 3.05. The van der Waals surface area contributed by atoms with E-state index in [9.17, 15) is 18.0 Å². The summed E-state index contributed by atoms with van der Waals surface area (Å²) in [4.78, 5) is 25.6. The number of rotatable bonds is 8. The van der Waals surface area contributed by atoms with E-state index in [0.29, 0.717) is 48.3 Å². The summed E-state index contributed by atoms with van der Waals surface area (Å²) >= 11 is 6.08. The van der Waals surface area contributed by atoms with E-state index in [1.807, 2.05) is 0 Å². The first kappa shape index (κ1) is 24.9. The molecular formula is C25H23ClN2O6S. The van der Waals surface area contributed by atoms with Gasteiger partial charge < -0.3 is 14.8 Å². The van der Waals surface area contributed by atoms with Gasteiger partial charge in [0.25, 0.3) is 5.91 Å². The number of benzene rings is 3. The number of carbonyl (C=O) groups is 2. The van der Waals surface area contributed by atoms with Crippen LogP contribution in [-0.2, 0) is 19.6 Å². The van der Waals surface area contributed by atoms with E-state index in [0.717, 1.165) is 0 Å². The monoisotopic (exact) mass is 514 g/mol. The molecule has 1 fully saturated rings. The van der Waals surface area contributed by atoms with Crippen LogP contribution >= 0.6 is 11.6 Å². The molecule has 0 bridgehead atoms. The molecule has 0 radical (unpaired) electrons. The van der Waals surface area contributed by atoms with Crippen LogP contribution in [0.2, 0.25) is 5.02 Å². The van der Waals surface area contributed by atoms with Gasteiger partial charge in [0, 0.05) is 29.2 Å². The maximum atomic E-state index is 12.9. The quantitative estimate of drug-likeness (QED) is 0.461. The lowest BCUT2D eigenvalue weighted by Crippen LogP contribution is -2.40. The van der Waals surface area contributed by atoms with Gasteiger partial charge in [0.05, 0.1) is 23.8 Å². The third-order valence-corrected chi connectivity index (χ3v) is 7.49. The number of nitrogens with one attached hydrogen (secondary N) is 1. The Morgan fingerprint density at radius 1 is 0.971 bits per heavy atom. The van der Waals surface area contributed by atoms with Gasteiger partial charge >= 0.3 is 0 Å². The number of hydrogen-bond donors (Lipinski definition) is 1. The Morgan fingerprint density at radius 3 is 2.34 bits per heavy atom. The predicted molar refractivity (Wildman–Crippen MR) is 131 cm³/mol. The van der Waals surface area contributed by atoms with Crippen molar-refractivity contribution in [1.82, 2.24) is 4.31 Å². The SMILES string of the molecule is O=C(COc1ccc(S(=O)(=O)N2CCOCC2)cc1)Nc1ccc(Cl)cc1C(=O)c1ccccc1. The molecule has 0 saturated carbocycles. The molecular weight excluding hydrogens is 492 g/mol. The number of sulfonamides is 1. The first-order valence-corrected chi connectivity index (χ1v) is 12.7. The van der Waals surface area contributed by atoms with Gasteiger partial charge in [0.15, 0.2) is 12.4 Å². The van der Waals surface area contributed by atoms with E-state index in [1.165, 1.54) is 34.6 Å². The highest BCUT2D eigenvalue weighted by Crippen LogP contribution is 2.24. The molecule has 0 aliphatic carbocycles. The number of nitrogens with zero attached hydrogens (tertiary/aromatic N) is 1. The minimum Gasteiger partial charge on any atom is -0.484 e. The second kappa shape index (κ2) is 11.0. The van der Waals surface area contributed by atoms with Gasteiger partial charge in [-0.25, -0.2) is 8.42 Å². The highest BCUT2D eigenvalue weighted by molar-refractivity contribution is 7.89. The Balaban J connectivity index is 1.40. The Kier molecular flexibility index (Phi) is 7.82. The summed E-state index contributed by atoms with van der Waals surface area (Å²) in [5.41, 5.74) is 1.03. The molecule has 3 aromatic rings. The summed E-state index contributed by atoms with van der Waals surface area (Å²) in [6.45, 7) is 1.00. The number of morpholine rings is 1. The number of halogens is 1. The van der Waals surface area contributed by atoms with Crippen molar-refractivity contribution < 1.29 is 27.5 Å². The molecule has 0 unspecified atom stereocenters. The van der Waals surface area contributed by atoms with Crippen LogP contribution in [0.5, 0.6) is 5.75 Å². The summed E-state index contributed by atoms with van der Waals surface area (Å²) < 4.78 is 37.5. The fourth-order valence-corrected chi connectivity index (χ4v) is 5.12. The van der Waals surface area contributed by atoms with E-state index in [-0.39, 0.29) is 22.8 Å². The molecule has 1 heterocycles. The van der Waals surface area contributed by atoms with Crippen molar-refractivity contribution in [3.63, 3.8) is 0 Å². The van der Waals surface area contributed by atoms with Crippen molar-refractivity contribution in [2.75, 3.05) is 38.2 Å². The van der Waals surface area contributed by atoms with E-state index in [4.69, 9.17) is 21.1 Å². The normalized spacial score (nSPS) is 14.3. The molecule has 8 nitrogen and oxygen atoms in total. The zero-order valence-electron chi connectivity index (χ0n) is 18.6. The summed E-state index contributed by atoms with van der Waals surface area (Å²) in [5.74, 6) is -0.432. The van der Waals surface area contributed by atoms with Crippen molar-refractivity contribution in [2.24, 2.45) is 0 Å². The fourth-order valence-electron chi connectivity index (χ4n) is 3.54. The predicted octanol–water partition coefficient (Wildman–Crippen LogP) is 3.61. The van der Waals surface area contributed by atoms with E-state index in [1.54, 1.807) is 42.5 Å². The summed E-state index contributed by atoms with van der Waals surface area (Å²) in [6.07, 6.45) is 0. The average Bonchev–Trinajstić information content (AvgIpc) is 2.89. The van der Waals surface area contributed by atoms with Gasteiger partial charge in [-0.1, -0.05) is 41.9 Å². The number of carbonyl (C=O) groups excluding carboxylic acids is 2. The van der Waals surface area contributed by atoms with Crippen LogP contribution in [0, 0.1) is 0 Å². The molecule has 182 valence electrons. The zero-order chi connectivity index (χ0) is 24.8. The van der Waals surface area contributed by atoms with Gasteiger partial charge in [-0.15, -0.1) is 0 Å². The fraction of sp³-hybridized carbons (Fsp3) is 0.200.